The Morgan fingerprint density at radius 1 is 0.810 bits per heavy atom. The van der Waals surface area contributed by atoms with E-state index in [-0.39, 0.29) is 17.1 Å². The van der Waals surface area contributed by atoms with Gasteiger partial charge >= 0.3 is 0 Å². The lowest BCUT2D eigenvalue weighted by Gasteiger charge is -2.03. The van der Waals surface area contributed by atoms with Crippen LogP contribution in [0.1, 0.15) is 0 Å². The Hall–Kier alpha value is -2.76. The van der Waals surface area contributed by atoms with Crippen LogP contribution in [0.3, 0.4) is 0 Å². The Bertz CT molecular complexity index is 777. The molecule has 0 unspecified atom stereocenters. The van der Waals surface area contributed by atoms with Crippen molar-refractivity contribution in [3.8, 4) is 22.4 Å². The second kappa shape index (κ2) is 4.97. The molecule has 0 spiro atoms. The zero-order chi connectivity index (χ0) is 15.0. The van der Waals surface area contributed by atoms with Crippen molar-refractivity contribution in [1.29, 1.82) is 0 Å². The molecule has 1 aromatic heterocycles. The molecule has 2 aromatic carbocycles. The fraction of sp³-hybridized carbons (Fsp3) is 0. The van der Waals surface area contributed by atoms with E-state index in [1.807, 2.05) is 0 Å². The van der Waals surface area contributed by atoms with Gasteiger partial charge in [0.25, 0.3) is 0 Å². The summed E-state index contributed by atoms with van der Waals surface area (Å²) in [5.74, 6) is -1.90. The Morgan fingerprint density at radius 3 is 2.05 bits per heavy atom. The number of rotatable bonds is 2. The maximum Gasteiger partial charge on any atom is 0.230 e. The average molecular weight is 290 g/mol. The minimum atomic E-state index is -0.739. The second-order valence-corrected chi connectivity index (χ2v) is 4.44. The maximum atomic E-state index is 13.3. The smallest absolute Gasteiger partial charge is 0.230 e. The highest BCUT2D eigenvalue weighted by Crippen LogP contribution is 2.36. The summed E-state index contributed by atoms with van der Waals surface area (Å²) in [5, 5.41) is 3.74. The summed E-state index contributed by atoms with van der Waals surface area (Å²) in [4.78, 5) is 0. The topological polar surface area (TPSA) is 52.0 Å². The van der Waals surface area contributed by atoms with Crippen LogP contribution < -0.4 is 5.73 Å². The quantitative estimate of drug-likeness (QED) is 0.776. The number of anilines is 1. The monoisotopic (exact) mass is 290 g/mol. The lowest BCUT2D eigenvalue weighted by molar-refractivity contribution is 0.439. The molecule has 6 heteroatoms. The van der Waals surface area contributed by atoms with Crippen LogP contribution in [0.4, 0.5) is 19.1 Å². The average Bonchev–Trinajstić information content (AvgIpc) is 2.80. The number of nitrogens with two attached hydrogens (primary N) is 1. The van der Waals surface area contributed by atoms with Crippen LogP contribution in [-0.2, 0) is 0 Å². The molecule has 3 rings (SSSR count). The summed E-state index contributed by atoms with van der Waals surface area (Å²) in [6.07, 6.45) is 0. The molecular formula is C15H9F3N2O. The van der Waals surface area contributed by atoms with E-state index >= 15 is 0 Å². The number of nitrogens with zero attached hydrogens (tertiary/aromatic N) is 1. The summed E-state index contributed by atoms with van der Waals surface area (Å²) >= 11 is 0. The maximum absolute atomic E-state index is 13.3. The summed E-state index contributed by atoms with van der Waals surface area (Å²) in [6, 6.07) is 8.45. The first-order chi connectivity index (χ1) is 10.0. The molecule has 0 atom stereocenters. The van der Waals surface area contributed by atoms with Gasteiger partial charge in [-0.05, 0) is 29.8 Å². The van der Waals surface area contributed by atoms with E-state index in [2.05, 4.69) is 5.16 Å². The molecule has 21 heavy (non-hydrogen) atoms. The molecule has 0 aliphatic carbocycles. The molecule has 0 saturated carbocycles. The molecule has 0 bridgehead atoms. The fourth-order valence-electron chi connectivity index (χ4n) is 2.09. The molecule has 0 saturated heterocycles. The van der Waals surface area contributed by atoms with E-state index in [0.29, 0.717) is 11.1 Å². The Kier molecular flexibility index (Phi) is 3.13. The molecule has 106 valence electrons. The molecule has 0 radical (unpaired) electrons. The number of hydrogen-bond donors (Lipinski definition) is 1. The molecule has 0 amide bonds. The molecule has 0 aliphatic heterocycles. The number of nitrogen functional groups attached to an aromatic ring is 1. The minimum absolute atomic E-state index is 0.0127. The van der Waals surface area contributed by atoms with Crippen molar-refractivity contribution in [2.24, 2.45) is 0 Å². The molecule has 0 aliphatic rings. The van der Waals surface area contributed by atoms with Crippen LogP contribution in [0.15, 0.2) is 47.0 Å². The highest BCUT2D eigenvalue weighted by atomic mass is 19.1. The van der Waals surface area contributed by atoms with Crippen molar-refractivity contribution in [2.75, 3.05) is 5.73 Å². The van der Waals surface area contributed by atoms with E-state index in [9.17, 15) is 13.2 Å². The lowest BCUT2D eigenvalue weighted by atomic mass is 10.0. The van der Waals surface area contributed by atoms with Gasteiger partial charge in [-0.25, -0.2) is 13.2 Å². The van der Waals surface area contributed by atoms with Gasteiger partial charge in [0, 0.05) is 11.6 Å². The number of aromatic nitrogens is 1. The fourth-order valence-corrected chi connectivity index (χ4v) is 2.09. The van der Waals surface area contributed by atoms with Gasteiger partial charge in [-0.2, -0.15) is 0 Å². The van der Waals surface area contributed by atoms with Crippen molar-refractivity contribution >= 4 is 5.88 Å². The standard InChI is InChI=1S/C15H9F3N2O/c16-10-3-1-8(2-4-10)13-14(20-21-15(13)19)9-5-11(17)7-12(18)6-9/h1-7H,19H2. The second-order valence-electron chi connectivity index (χ2n) is 4.44. The molecule has 2 N–H and O–H groups in total. The van der Waals surface area contributed by atoms with Crippen LogP contribution >= 0.6 is 0 Å². The van der Waals surface area contributed by atoms with Gasteiger partial charge in [0.05, 0.1) is 5.56 Å². The highest BCUT2D eigenvalue weighted by molar-refractivity contribution is 5.86. The van der Waals surface area contributed by atoms with Gasteiger partial charge in [0.1, 0.15) is 23.1 Å². The van der Waals surface area contributed by atoms with E-state index in [1.165, 1.54) is 24.3 Å². The first kappa shape index (κ1) is 13.2. The predicted octanol–water partition coefficient (Wildman–Crippen LogP) is 4.01. The van der Waals surface area contributed by atoms with Gasteiger partial charge in [0.2, 0.25) is 5.88 Å². The SMILES string of the molecule is Nc1onc(-c2cc(F)cc(F)c2)c1-c1ccc(F)cc1. The third-order valence-electron chi connectivity index (χ3n) is 2.99. The number of hydrogen-bond acceptors (Lipinski definition) is 3. The Labute approximate surface area is 117 Å². The summed E-state index contributed by atoms with van der Waals surface area (Å²) in [5.41, 5.74) is 6.99. The van der Waals surface area contributed by atoms with Gasteiger partial charge in [-0.3, -0.25) is 0 Å². The first-order valence-corrected chi connectivity index (χ1v) is 6.02. The third-order valence-corrected chi connectivity index (χ3v) is 2.99. The van der Waals surface area contributed by atoms with Crippen LogP contribution in [-0.4, -0.2) is 5.16 Å². The van der Waals surface area contributed by atoms with Crippen LogP contribution in [0.25, 0.3) is 22.4 Å². The van der Waals surface area contributed by atoms with Gasteiger partial charge in [-0.15, -0.1) is 0 Å². The largest absolute Gasteiger partial charge is 0.367 e. The minimum Gasteiger partial charge on any atom is -0.367 e. The van der Waals surface area contributed by atoms with E-state index in [0.717, 1.165) is 18.2 Å². The molecule has 0 fully saturated rings. The van der Waals surface area contributed by atoms with Crippen molar-refractivity contribution in [2.45, 2.75) is 0 Å². The van der Waals surface area contributed by atoms with Crippen molar-refractivity contribution in [1.82, 2.24) is 5.16 Å². The number of benzene rings is 2. The van der Waals surface area contributed by atoms with Gasteiger partial charge < -0.3 is 10.3 Å². The molecule has 3 nitrogen and oxygen atoms in total. The van der Waals surface area contributed by atoms with Crippen LogP contribution in [0, 0.1) is 17.5 Å². The lowest BCUT2D eigenvalue weighted by Crippen LogP contribution is -1.90. The van der Waals surface area contributed by atoms with E-state index in [4.69, 9.17) is 10.3 Å². The highest BCUT2D eigenvalue weighted by Gasteiger charge is 2.18. The van der Waals surface area contributed by atoms with E-state index in [1.54, 1.807) is 0 Å². The van der Waals surface area contributed by atoms with Crippen LogP contribution in [0.2, 0.25) is 0 Å². The summed E-state index contributed by atoms with van der Waals surface area (Å²) in [7, 11) is 0. The zero-order valence-electron chi connectivity index (χ0n) is 10.6. The van der Waals surface area contributed by atoms with Gasteiger partial charge in [0.15, 0.2) is 0 Å². The summed E-state index contributed by atoms with van der Waals surface area (Å²) in [6.45, 7) is 0. The predicted molar refractivity (Wildman–Crippen MR) is 71.7 cm³/mol. The third kappa shape index (κ3) is 2.47. The number of halogens is 3. The molecular weight excluding hydrogens is 281 g/mol. The van der Waals surface area contributed by atoms with E-state index < -0.39 is 17.5 Å². The Balaban J connectivity index is 2.19. The zero-order valence-corrected chi connectivity index (χ0v) is 10.6. The Morgan fingerprint density at radius 2 is 1.43 bits per heavy atom. The molecule has 1 heterocycles. The van der Waals surface area contributed by atoms with Gasteiger partial charge in [-0.1, -0.05) is 17.3 Å². The summed E-state index contributed by atoms with van der Waals surface area (Å²) < 4.78 is 44.5. The van der Waals surface area contributed by atoms with Crippen molar-refractivity contribution in [3.05, 3.63) is 59.9 Å². The van der Waals surface area contributed by atoms with Crippen LogP contribution in [0.5, 0.6) is 0 Å². The molecule has 3 aromatic rings. The van der Waals surface area contributed by atoms with Crippen molar-refractivity contribution in [3.63, 3.8) is 0 Å². The first-order valence-electron chi connectivity index (χ1n) is 6.02. The van der Waals surface area contributed by atoms with Crippen molar-refractivity contribution < 1.29 is 17.7 Å². The normalized spacial score (nSPS) is 10.8.